The van der Waals surface area contributed by atoms with Crippen LogP contribution in [0.3, 0.4) is 0 Å². The number of anilines is 2. The van der Waals surface area contributed by atoms with Crippen molar-refractivity contribution < 1.29 is 4.79 Å². The number of fused-ring (bicyclic) bond motifs is 1. The van der Waals surface area contributed by atoms with E-state index in [1.54, 1.807) is 12.1 Å². The number of carbonyl (C=O) groups excluding carboxylic acids is 1. The Morgan fingerprint density at radius 3 is 2.87 bits per heavy atom. The molecule has 5 heteroatoms. The molecule has 116 valence electrons. The third-order valence-corrected chi connectivity index (χ3v) is 4.24. The van der Waals surface area contributed by atoms with E-state index in [4.69, 9.17) is 5.73 Å². The molecule has 0 radical (unpaired) electrons. The predicted octanol–water partition coefficient (Wildman–Crippen LogP) is 3.28. The summed E-state index contributed by atoms with van der Waals surface area (Å²) in [4.78, 5) is 12.4. The van der Waals surface area contributed by atoms with E-state index in [1.807, 2.05) is 41.2 Å². The number of hydrogen-bond acceptors (Lipinski definition) is 3. The highest BCUT2D eigenvalue weighted by Crippen LogP contribution is 2.31. The maximum Gasteiger partial charge on any atom is 0.255 e. The summed E-state index contributed by atoms with van der Waals surface area (Å²) in [6.07, 6.45) is 4.41. The van der Waals surface area contributed by atoms with Gasteiger partial charge in [0.15, 0.2) is 0 Å². The number of carbonyl (C=O) groups is 1. The first kappa shape index (κ1) is 13.8. The van der Waals surface area contributed by atoms with Gasteiger partial charge in [0.2, 0.25) is 0 Å². The van der Waals surface area contributed by atoms with Gasteiger partial charge in [-0.15, -0.1) is 0 Å². The van der Waals surface area contributed by atoms with Crippen LogP contribution in [0, 0.1) is 5.92 Å². The number of nitrogens with one attached hydrogen (secondary N) is 1. The van der Waals surface area contributed by atoms with Crippen LogP contribution in [0.25, 0.3) is 10.9 Å². The van der Waals surface area contributed by atoms with Crippen molar-refractivity contribution in [2.24, 2.45) is 5.92 Å². The Hall–Kier alpha value is -2.82. The summed E-state index contributed by atoms with van der Waals surface area (Å²) in [5.74, 6) is 0.599. The molecule has 23 heavy (non-hydrogen) atoms. The van der Waals surface area contributed by atoms with E-state index >= 15 is 0 Å². The third kappa shape index (κ3) is 2.77. The van der Waals surface area contributed by atoms with Crippen molar-refractivity contribution in [2.45, 2.75) is 19.4 Å². The smallest absolute Gasteiger partial charge is 0.255 e. The molecule has 4 rings (SSSR count). The zero-order chi connectivity index (χ0) is 15.8. The minimum Gasteiger partial charge on any atom is -0.397 e. The van der Waals surface area contributed by atoms with Gasteiger partial charge in [-0.25, -0.2) is 0 Å². The lowest BCUT2D eigenvalue weighted by atomic mass is 10.1. The van der Waals surface area contributed by atoms with Crippen LogP contribution in [-0.4, -0.2) is 15.7 Å². The molecule has 3 aromatic rings. The topological polar surface area (TPSA) is 72.9 Å². The summed E-state index contributed by atoms with van der Waals surface area (Å²) in [5.41, 5.74) is 8.73. The lowest BCUT2D eigenvalue weighted by Crippen LogP contribution is -2.13. The van der Waals surface area contributed by atoms with Gasteiger partial charge in [0, 0.05) is 17.5 Å². The number of nitrogen functional groups attached to an aromatic ring is 1. The van der Waals surface area contributed by atoms with Gasteiger partial charge < -0.3 is 11.1 Å². The van der Waals surface area contributed by atoms with Crippen molar-refractivity contribution in [2.75, 3.05) is 11.1 Å². The molecule has 0 bridgehead atoms. The summed E-state index contributed by atoms with van der Waals surface area (Å²) in [7, 11) is 0. The van der Waals surface area contributed by atoms with Gasteiger partial charge in [0.1, 0.15) is 0 Å². The van der Waals surface area contributed by atoms with Crippen LogP contribution in [0.15, 0.2) is 48.7 Å². The molecule has 5 nitrogen and oxygen atoms in total. The molecule has 0 unspecified atom stereocenters. The molecule has 1 amide bonds. The standard InChI is InChI=1S/C18H18N4O/c19-15-3-1-2-4-16(15)21-18(23)13-7-8-17-14(9-13)10-20-22(17)11-12-5-6-12/h1-4,7-10,12H,5-6,11,19H2,(H,21,23). The van der Waals surface area contributed by atoms with Crippen molar-refractivity contribution >= 4 is 28.2 Å². The van der Waals surface area contributed by atoms with E-state index < -0.39 is 0 Å². The van der Waals surface area contributed by atoms with Gasteiger partial charge >= 0.3 is 0 Å². The molecule has 1 saturated carbocycles. The van der Waals surface area contributed by atoms with E-state index in [0.29, 0.717) is 16.9 Å². The summed E-state index contributed by atoms with van der Waals surface area (Å²) < 4.78 is 2.03. The first-order valence-corrected chi connectivity index (χ1v) is 7.82. The Morgan fingerprint density at radius 1 is 1.26 bits per heavy atom. The molecule has 1 aliphatic carbocycles. The molecule has 3 N–H and O–H groups in total. The third-order valence-electron chi connectivity index (χ3n) is 4.24. The van der Waals surface area contributed by atoms with Gasteiger partial charge in [0.25, 0.3) is 5.91 Å². The highest BCUT2D eigenvalue weighted by atomic mass is 16.1. The Bertz CT molecular complexity index is 880. The fourth-order valence-corrected chi connectivity index (χ4v) is 2.72. The fraction of sp³-hybridized carbons (Fsp3) is 0.222. The Morgan fingerprint density at radius 2 is 2.09 bits per heavy atom. The zero-order valence-electron chi connectivity index (χ0n) is 12.7. The van der Waals surface area contributed by atoms with Crippen LogP contribution in [0.1, 0.15) is 23.2 Å². The van der Waals surface area contributed by atoms with E-state index in [-0.39, 0.29) is 5.91 Å². The monoisotopic (exact) mass is 306 g/mol. The highest BCUT2D eigenvalue weighted by Gasteiger charge is 2.22. The van der Waals surface area contributed by atoms with Gasteiger partial charge in [-0.05, 0) is 49.1 Å². The van der Waals surface area contributed by atoms with Crippen molar-refractivity contribution in [1.29, 1.82) is 0 Å². The second-order valence-electron chi connectivity index (χ2n) is 6.09. The lowest BCUT2D eigenvalue weighted by molar-refractivity contribution is 0.102. The predicted molar refractivity (Wildman–Crippen MR) is 91.3 cm³/mol. The van der Waals surface area contributed by atoms with E-state index in [2.05, 4.69) is 10.4 Å². The quantitative estimate of drug-likeness (QED) is 0.726. The number of para-hydroxylation sites is 2. The van der Waals surface area contributed by atoms with Crippen molar-refractivity contribution in [3.63, 3.8) is 0 Å². The highest BCUT2D eigenvalue weighted by molar-refractivity contribution is 6.07. The van der Waals surface area contributed by atoms with Gasteiger partial charge in [-0.2, -0.15) is 5.10 Å². The fourth-order valence-electron chi connectivity index (χ4n) is 2.72. The number of nitrogens with zero attached hydrogens (tertiary/aromatic N) is 2. The van der Waals surface area contributed by atoms with Gasteiger partial charge in [-0.1, -0.05) is 12.1 Å². The molecule has 1 heterocycles. The van der Waals surface area contributed by atoms with Crippen LogP contribution in [0.4, 0.5) is 11.4 Å². The lowest BCUT2D eigenvalue weighted by Gasteiger charge is -2.08. The van der Waals surface area contributed by atoms with Crippen LogP contribution in [0.2, 0.25) is 0 Å². The summed E-state index contributed by atoms with van der Waals surface area (Å²) in [5, 5.41) is 8.27. The number of amides is 1. The number of aromatic nitrogens is 2. The number of hydrogen-bond donors (Lipinski definition) is 2. The first-order valence-electron chi connectivity index (χ1n) is 7.82. The second-order valence-corrected chi connectivity index (χ2v) is 6.09. The molecule has 0 spiro atoms. The molecular formula is C18H18N4O. The van der Waals surface area contributed by atoms with Crippen molar-refractivity contribution in [3.05, 3.63) is 54.2 Å². The van der Waals surface area contributed by atoms with E-state index in [9.17, 15) is 4.79 Å². The average Bonchev–Trinajstić information content (AvgIpc) is 3.29. The zero-order valence-corrected chi connectivity index (χ0v) is 12.7. The van der Waals surface area contributed by atoms with E-state index in [1.165, 1.54) is 12.8 Å². The summed E-state index contributed by atoms with van der Waals surface area (Å²) >= 11 is 0. The van der Waals surface area contributed by atoms with Crippen LogP contribution in [0.5, 0.6) is 0 Å². The minimum atomic E-state index is -0.167. The minimum absolute atomic E-state index is 0.167. The van der Waals surface area contributed by atoms with Crippen LogP contribution >= 0.6 is 0 Å². The molecule has 0 saturated heterocycles. The number of benzene rings is 2. The van der Waals surface area contributed by atoms with Gasteiger partial charge in [0.05, 0.1) is 23.1 Å². The Kier molecular flexibility index (Phi) is 3.26. The van der Waals surface area contributed by atoms with Gasteiger partial charge in [-0.3, -0.25) is 9.48 Å². The SMILES string of the molecule is Nc1ccccc1NC(=O)c1ccc2c(cnn2CC2CC2)c1. The van der Waals surface area contributed by atoms with Crippen molar-refractivity contribution in [3.8, 4) is 0 Å². The largest absolute Gasteiger partial charge is 0.397 e. The van der Waals surface area contributed by atoms with Crippen LogP contribution < -0.4 is 11.1 Å². The second kappa shape index (κ2) is 5.43. The molecule has 1 aliphatic rings. The van der Waals surface area contributed by atoms with Crippen molar-refractivity contribution in [1.82, 2.24) is 9.78 Å². The Balaban J connectivity index is 1.58. The average molecular weight is 306 g/mol. The molecule has 1 aromatic heterocycles. The molecule has 1 fully saturated rings. The summed E-state index contributed by atoms with van der Waals surface area (Å²) in [6, 6.07) is 12.9. The first-order chi connectivity index (χ1) is 11.2. The number of nitrogens with two attached hydrogens (primary N) is 1. The maximum atomic E-state index is 12.4. The molecule has 0 aliphatic heterocycles. The Labute approximate surface area is 134 Å². The maximum absolute atomic E-state index is 12.4. The van der Waals surface area contributed by atoms with Crippen LogP contribution in [-0.2, 0) is 6.54 Å². The molecular weight excluding hydrogens is 288 g/mol. The summed E-state index contributed by atoms with van der Waals surface area (Å²) in [6.45, 7) is 0.968. The number of rotatable bonds is 4. The molecule has 0 atom stereocenters. The normalized spacial score (nSPS) is 14.1. The molecule has 2 aromatic carbocycles. The van der Waals surface area contributed by atoms with E-state index in [0.717, 1.165) is 23.4 Å².